The average Bonchev–Trinajstić information content (AvgIpc) is 3.06. The molecule has 0 unspecified atom stereocenters. The van der Waals surface area contributed by atoms with E-state index in [1.54, 1.807) is 6.08 Å². The lowest BCUT2D eigenvalue weighted by Gasteiger charge is -2.15. The predicted molar refractivity (Wildman–Crippen MR) is 193 cm³/mol. The lowest BCUT2D eigenvalue weighted by molar-refractivity contribution is -0.161. The lowest BCUT2D eigenvalue weighted by atomic mass is 10.0. The van der Waals surface area contributed by atoms with Crippen molar-refractivity contribution in [1.29, 1.82) is 0 Å². The maximum Gasteiger partial charge on any atom is 0.306 e. The quantitative estimate of drug-likeness (QED) is 0.0328. The number of hydrogen-bond donors (Lipinski definition) is 2. The van der Waals surface area contributed by atoms with Crippen LogP contribution in [0.4, 0.5) is 0 Å². The Bertz CT molecular complexity index is 841. The first kappa shape index (κ1) is 43.6. The van der Waals surface area contributed by atoms with Crippen LogP contribution < -0.4 is 0 Å². The Morgan fingerprint density at radius 3 is 1.65 bits per heavy atom. The van der Waals surface area contributed by atoms with Crippen molar-refractivity contribution in [2.75, 3.05) is 13.2 Å². The van der Waals surface area contributed by atoms with Crippen LogP contribution in [0.5, 0.6) is 0 Å². The number of esters is 2. The molecule has 0 heterocycles. The Morgan fingerprint density at radius 1 is 0.609 bits per heavy atom. The smallest absolute Gasteiger partial charge is 0.306 e. The second-order valence-electron chi connectivity index (χ2n) is 12.1. The zero-order valence-electron chi connectivity index (χ0n) is 29.4. The number of aliphatic hydroxyl groups excluding tert-OH is 2. The summed E-state index contributed by atoms with van der Waals surface area (Å²) in [5.41, 5.74) is 0. The van der Waals surface area contributed by atoms with E-state index in [9.17, 15) is 19.8 Å². The van der Waals surface area contributed by atoms with E-state index in [1.807, 2.05) is 19.1 Å². The van der Waals surface area contributed by atoms with Crippen LogP contribution in [0.3, 0.4) is 0 Å². The second kappa shape index (κ2) is 35.4. The molecular formula is C40H68O6. The van der Waals surface area contributed by atoms with Gasteiger partial charge in [0, 0.05) is 12.8 Å². The van der Waals surface area contributed by atoms with Gasteiger partial charge in [0.25, 0.3) is 0 Å². The molecular weight excluding hydrogens is 576 g/mol. The van der Waals surface area contributed by atoms with Gasteiger partial charge in [-0.25, -0.2) is 0 Å². The van der Waals surface area contributed by atoms with Crippen LogP contribution >= 0.6 is 0 Å². The molecule has 0 bridgehead atoms. The first-order chi connectivity index (χ1) is 22.5. The number of rotatable bonds is 32. The summed E-state index contributed by atoms with van der Waals surface area (Å²) in [5.74, 6) is -0.680. The minimum absolute atomic E-state index is 0.106. The Hall–Kier alpha value is -2.44. The van der Waals surface area contributed by atoms with Crippen molar-refractivity contribution in [2.24, 2.45) is 0 Å². The predicted octanol–water partition coefficient (Wildman–Crippen LogP) is 10.2. The number of aliphatic hydroxyl groups is 2. The van der Waals surface area contributed by atoms with Crippen molar-refractivity contribution < 1.29 is 29.3 Å². The van der Waals surface area contributed by atoms with E-state index >= 15 is 0 Å². The molecule has 6 nitrogen and oxygen atoms in total. The minimum Gasteiger partial charge on any atom is -0.462 e. The summed E-state index contributed by atoms with van der Waals surface area (Å²) in [7, 11) is 0. The third-order valence-corrected chi connectivity index (χ3v) is 7.73. The summed E-state index contributed by atoms with van der Waals surface area (Å²) in [6.07, 6.45) is 42.3. The molecule has 46 heavy (non-hydrogen) atoms. The molecule has 0 aliphatic rings. The number of carbonyl (C=O) groups is 2. The third kappa shape index (κ3) is 32.9. The normalized spacial score (nSPS) is 13.6. The van der Waals surface area contributed by atoms with E-state index in [-0.39, 0.29) is 31.3 Å². The molecule has 6 heteroatoms. The molecule has 2 atom stereocenters. The number of carbonyl (C=O) groups excluding carboxylic acids is 2. The number of ether oxygens (including phenoxy) is 2. The molecule has 0 aromatic heterocycles. The summed E-state index contributed by atoms with van der Waals surface area (Å²) in [6, 6.07) is 0. The van der Waals surface area contributed by atoms with Crippen LogP contribution in [0.2, 0.25) is 0 Å². The average molecular weight is 645 g/mol. The van der Waals surface area contributed by atoms with Crippen LogP contribution in [-0.2, 0) is 19.1 Å². The summed E-state index contributed by atoms with van der Waals surface area (Å²) < 4.78 is 10.5. The van der Waals surface area contributed by atoms with E-state index in [2.05, 4.69) is 49.5 Å². The van der Waals surface area contributed by atoms with Crippen molar-refractivity contribution >= 4 is 11.9 Å². The molecule has 0 aliphatic carbocycles. The zero-order chi connectivity index (χ0) is 33.8. The van der Waals surface area contributed by atoms with Gasteiger partial charge in [0.1, 0.15) is 6.61 Å². The Labute approximate surface area is 282 Å². The molecule has 0 fully saturated rings. The van der Waals surface area contributed by atoms with Gasteiger partial charge >= 0.3 is 11.9 Å². The Kier molecular flexibility index (Phi) is 33.5. The van der Waals surface area contributed by atoms with Crippen LogP contribution in [0.15, 0.2) is 60.8 Å². The fraction of sp³-hybridized carbons (Fsp3) is 0.700. The molecule has 264 valence electrons. The highest BCUT2D eigenvalue weighted by Gasteiger charge is 2.16. The highest BCUT2D eigenvalue weighted by molar-refractivity contribution is 5.70. The molecule has 0 amide bonds. The highest BCUT2D eigenvalue weighted by atomic mass is 16.6. The molecule has 0 aliphatic heterocycles. The van der Waals surface area contributed by atoms with Crippen molar-refractivity contribution in [1.82, 2.24) is 0 Å². The van der Waals surface area contributed by atoms with Gasteiger partial charge in [-0.2, -0.15) is 0 Å². The monoisotopic (exact) mass is 645 g/mol. The van der Waals surface area contributed by atoms with Crippen LogP contribution in [0.25, 0.3) is 0 Å². The number of unbranched alkanes of at least 4 members (excludes halogenated alkanes) is 14. The van der Waals surface area contributed by atoms with E-state index in [0.717, 1.165) is 51.4 Å². The summed E-state index contributed by atoms with van der Waals surface area (Å²) in [4.78, 5) is 24.2. The maximum absolute atomic E-state index is 12.1. The van der Waals surface area contributed by atoms with Crippen molar-refractivity contribution in [3.63, 3.8) is 0 Å². The van der Waals surface area contributed by atoms with Crippen molar-refractivity contribution in [3.05, 3.63) is 60.8 Å². The molecule has 0 aromatic carbocycles. The second-order valence-corrected chi connectivity index (χ2v) is 12.1. The van der Waals surface area contributed by atoms with Crippen molar-refractivity contribution in [2.45, 2.75) is 167 Å². The fourth-order valence-electron chi connectivity index (χ4n) is 4.78. The Morgan fingerprint density at radius 2 is 1.11 bits per heavy atom. The number of allylic oxidation sites excluding steroid dienone is 9. The largest absolute Gasteiger partial charge is 0.462 e. The lowest BCUT2D eigenvalue weighted by Crippen LogP contribution is -2.28. The van der Waals surface area contributed by atoms with Gasteiger partial charge in [0.2, 0.25) is 0 Å². The molecule has 0 saturated carbocycles. The molecule has 0 spiro atoms. The summed E-state index contributed by atoms with van der Waals surface area (Å²) >= 11 is 0. The molecule has 0 rings (SSSR count). The van der Waals surface area contributed by atoms with Crippen LogP contribution in [-0.4, -0.2) is 47.6 Å². The third-order valence-electron chi connectivity index (χ3n) is 7.73. The standard InChI is InChI=1S/C40H68O6/c1-3-5-6-7-8-9-10-11-15-19-22-25-28-31-34-40(44)46-38(35-41)36-45-39(43)33-30-27-24-21-18-16-13-12-14-17-20-23-26-29-32-37(42)4-2/h13-14,16-17,21,23-24,26,29,32,37-38,41-42H,3-12,15,18-20,22,25,27-28,30-31,33-36H2,1-2H3/b16-13-,17-14-,24-21-,26-23-,32-29+/t37-,38-/m0/s1. The van der Waals surface area contributed by atoms with Crippen LogP contribution in [0.1, 0.15) is 155 Å². The zero-order valence-corrected chi connectivity index (χ0v) is 29.4. The van der Waals surface area contributed by atoms with Gasteiger partial charge in [-0.05, 0) is 44.9 Å². The first-order valence-corrected chi connectivity index (χ1v) is 18.5. The van der Waals surface area contributed by atoms with E-state index in [0.29, 0.717) is 19.3 Å². The van der Waals surface area contributed by atoms with Gasteiger partial charge < -0.3 is 19.7 Å². The summed E-state index contributed by atoms with van der Waals surface area (Å²) in [5, 5.41) is 19.0. The van der Waals surface area contributed by atoms with E-state index < -0.39 is 6.10 Å². The summed E-state index contributed by atoms with van der Waals surface area (Å²) in [6.45, 7) is 3.74. The van der Waals surface area contributed by atoms with Gasteiger partial charge in [0.05, 0.1) is 12.7 Å². The van der Waals surface area contributed by atoms with Gasteiger partial charge in [0.15, 0.2) is 6.10 Å². The van der Waals surface area contributed by atoms with Gasteiger partial charge in [-0.3, -0.25) is 9.59 Å². The molecule has 2 N–H and O–H groups in total. The molecule has 0 aromatic rings. The highest BCUT2D eigenvalue weighted by Crippen LogP contribution is 2.14. The minimum atomic E-state index is -0.802. The fourth-order valence-corrected chi connectivity index (χ4v) is 4.78. The van der Waals surface area contributed by atoms with Gasteiger partial charge in [-0.15, -0.1) is 0 Å². The topological polar surface area (TPSA) is 93.1 Å². The van der Waals surface area contributed by atoms with Gasteiger partial charge in [-0.1, -0.05) is 158 Å². The van der Waals surface area contributed by atoms with Crippen LogP contribution in [0, 0.1) is 0 Å². The number of hydrogen-bond acceptors (Lipinski definition) is 6. The maximum atomic E-state index is 12.1. The van der Waals surface area contributed by atoms with E-state index in [4.69, 9.17) is 9.47 Å². The van der Waals surface area contributed by atoms with E-state index in [1.165, 1.54) is 70.6 Å². The first-order valence-electron chi connectivity index (χ1n) is 18.5. The van der Waals surface area contributed by atoms with Crippen molar-refractivity contribution in [3.8, 4) is 0 Å². The Balaban J connectivity index is 3.71. The molecule has 0 radical (unpaired) electrons. The molecule has 0 saturated heterocycles. The SMILES string of the molecule is CCCCCCCCCCCCCCCCC(=O)O[C@@H](CO)COC(=O)CCC/C=C\C/C=C\C/C=C\C/C=C\C=C\[C@@H](O)CC.